The van der Waals surface area contributed by atoms with Crippen LogP contribution >= 0.6 is 0 Å². The number of hydrogen-bond acceptors (Lipinski definition) is 5. The zero-order valence-corrected chi connectivity index (χ0v) is 11.2. The van der Waals surface area contributed by atoms with E-state index in [0.717, 1.165) is 0 Å². The van der Waals surface area contributed by atoms with Gasteiger partial charge in [0.05, 0.1) is 24.0 Å². The normalized spacial score (nSPS) is 9.76. The van der Waals surface area contributed by atoms with Crippen molar-refractivity contribution >= 4 is 23.0 Å². The highest BCUT2D eigenvalue weighted by atomic mass is 19.1. The van der Waals surface area contributed by atoms with Crippen LogP contribution < -0.4 is 11.1 Å². The zero-order chi connectivity index (χ0) is 15.4. The van der Waals surface area contributed by atoms with Crippen molar-refractivity contribution in [2.24, 2.45) is 0 Å². The van der Waals surface area contributed by atoms with Crippen molar-refractivity contribution in [3.05, 3.63) is 53.3 Å². The Morgan fingerprint density at radius 2 is 2.10 bits per heavy atom. The molecule has 2 aromatic rings. The quantitative estimate of drug-likeness (QED) is 0.668. The molecule has 0 saturated carbocycles. The number of nitrogens with two attached hydrogens (primary N) is 1. The molecule has 5 nitrogen and oxygen atoms in total. The van der Waals surface area contributed by atoms with E-state index in [1.807, 2.05) is 0 Å². The number of nitrogens with one attached hydrogen (secondary N) is 1. The van der Waals surface area contributed by atoms with Crippen LogP contribution in [0.15, 0.2) is 36.4 Å². The predicted molar refractivity (Wildman–Crippen MR) is 76.6 cm³/mol. The van der Waals surface area contributed by atoms with Gasteiger partial charge in [0, 0.05) is 5.69 Å². The number of nitrogens with zero attached hydrogens (tertiary/aromatic N) is 1. The third kappa shape index (κ3) is 2.92. The molecule has 0 bridgehead atoms. The molecule has 2 aromatic carbocycles. The molecule has 0 atom stereocenters. The lowest BCUT2D eigenvalue weighted by atomic mass is 10.1. The fourth-order valence-electron chi connectivity index (χ4n) is 1.84. The Bertz CT molecular complexity index is 738. The third-order valence-corrected chi connectivity index (χ3v) is 2.84. The number of ether oxygens (including phenoxy) is 1. The first-order valence-electron chi connectivity index (χ1n) is 6.00. The minimum atomic E-state index is -0.641. The van der Waals surface area contributed by atoms with Gasteiger partial charge in [-0.2, -0.15) is 5.26 Å². The van der Waals surface area contributed by atoms with Gasteiger partial charge in [-0.25, -0.2) is 9.18 Å². The van der Waals surface area contributed by atoms with Crippen LogP contribution in [0.2, 0.25) is 0 Å². The molecule has 6 heteroatoms. The van der Waals surface area contributed by atoms with Crippen LogP contribution in [0.3, 0.4) is 0 Å². The molecule has 0 aliphatic rings. The summed E-state index contributed by atoms with van der Waals surface area (Å²) in [6.07, 6.45) is 0. The summed E-state index contributed by atoms with van der Waals surface area (Å²) < 4.78 is 18.2. The van der Waals surface area contributed by atoms with Crippen LogP contribution in [0.5, 0.6) is 0 Å². The monoisotopic (exact) mass is 285 g/mol. The number of benzene rings is 2. The van der Waals surface area contributed by atoms with Gasteiger partial charge in [-0.1, -0.05) is 6.07 Å². The summed E-state index contributed by atoms with van der Waals surface area (Å²) in [5.41, 5.74) is 6.73. The zero-order valence-electron chi connectivity index (χ0n) is 11.2. The number of methoxy groups -OCH3 is 1. The van der Waals surface area contributed by atoms with E-state index in [9.17, 15) is 9.18 Å². The Morgan fingerprint density at radius 3 is 2.76 bits per heavy atom. The van der Waals surface area contributed by atoms with E-state index in [2.05, 4.69) is 10.1 Å². The van der Waals surface area contributed by atoms with Crippen LogP contribution in [0.25, 0.3) is 0 Å². The second-order valence-electron chi connectivity index (χ2n) is 4.20. The highest BCUT2D eigenvalue weighted by molar-refractivity contribution is 5.97. The fourth-order valence-corrected chi connectivity index (χ4v) is 1.84. The lowest BCUT2D eigenvalue weighted by Crippen LogP contribution is -2.07. The minimum Gasteiger partial charge on any atom is -0.465 e. The molecule has 2 rings (SSSR count). The average Bonchev–Trinajstić information content (AvgIpc) is 2.48. The lowest BCUT2D eigenvalue weighted by molar-refractivity contribution is 0.0602. The summed E-state index contributed by atoms with van der Waals surface area (Å²) in [4.78, 5) is 11.7. The van der Waals surface area contributed by atoms with Crippen LogP contribution in [-0.4, -0.2) is 13.1 Å². The Morgan fingerprint density at radius 1 is 1.33 bits per heavy atom. The molecule has 0 aliphatic heterocycles. The SMILES string of the molecule is COC(=O)c1cc(N)ccc1Nc1cccc(F)c1C#N. The predicted octanol–water partition coefficient (Wildman–Crippen LogP) is 2.81. The van der Waals surface area contributed by atoms with Crippen molar-refractivity contribution in [3.8, 4) is 6.07 Å². The Labute approximate surface area is 120 Å². The molecule has 0 aromatic heterocycles. The minimum absolute atomic E-state index is 0.134. The van der Waals surface area contributed by atoms with Crippen molar-refractivity contribution in [1.82, 2.24) is 0 Å². The average molecular weight is 285 g/mol. The molecule has 0 radical (unpaired) electrons. The van der Waals surface area contributed by atoms with Gasteiger partial charge in [-0.15, -0.1) is 0 Å². The molecule has 0 fully saturated rings. The summed E-state index contributed by atoms with van der Waals surface area (Å²) in [7, 11) is 1.25. The first-order valence-corrected chi connectivity index (χ1v) is 6.00. The number of carbonyl (C=O) groups is 1. The smallest absolute Gasteiger partial charge is 0.340 e. The molecule has 0 heterocycles. The van der Waals surface area contributed by atoms with Gasteiger partial charge in [0.15, 0.2) is 0 Å². The first kappa shape index (κ1) is 14.3. The molecule has 0 spiro atoms. The third-order valence-electron chi connectivity index (χ3n) is 2.84. The first-order chi connectivity index (χ1) is 10.1. The van der Waals surface area contributed by atoms with Crippen molar-refractivity contribution < 1.29 is 13.9 Å². The fraction of sp³-hybridized carbons (Fsp3) is 0.0667. The van der Waals surface area contributed by atoms with E-state index in [1.54, 1.807) is 24.3 Å². The van der Waals surface area contributed by atoms with Crippen molar-refractivity contribution in [3.63, 3.8) is 0 Å². The van der Waals surface area contributed by atoms with Gasteiger partial charge in [0.2, 0.25) is 0 Å². The highest BCUT2D eigenvalue weighted by Gasteiger charge is 2.15. The molecule has 0 aliphatic carbocycles. The molecule has 106 valence electrons. The standard InChI is InChI=1S/C15H12FN3O2/c1-21-15(20)10-7-9(18)5-6-14(10)19-13-4-2-3-12(16)11(13)8-17/h2-7,19H,18H2,1H3. The Balaban J connectivity index is 2.48. The molecule has 21 heavy (non-hydrogen) atoms. The Kier molecular flexibility index (Phi) is 4.05. The van der Waals surface area contributed by atoms with Gasteiger partial charge in [-0.3, -0.25) is 0 Å². The van der Waals surface area contributed by atoms with Crippen molar-refractivity contribution in [2.75, 3.05) is 18.2 Å². The molecular weight excluding hydrogens is 273 g/mol. The summed E-state index contributed by atoms with van der Waals surface area (Å²) >= 11 is 0. The molecule has 0 saturated heterocycles. The van der Waals surface area contributed by atoms with Gasteiger partial charge in [0.1, 0.15) is 17.4 Å². The van der Waals surface area contributed by atoms with Crippen LogP contribution in [-0.2, 0) is 4.74 Å². The van der Waals surface area contributed by atoms with E-state index in [1.165, 1.54) is 25.3 Å². The lowest BCUT2D eigenvalue weighted by Gasteiger charge is -2.12. The van der Waals surface area contributed by atoms with Crippen LogP contribution in [0.4, 0.5) is 21.5 Å². The maximum absolute atomic E-state index is 13.6. The maximum Gasteiger partial charge on any atom is 0.340 e. The van der Waals surface area contributed by atoms with E-state index < -0.39 is 11.8 Å². The number of carbonyl (C=O) groups excluding carboxylic acids is 1. The summed E-state index contributed by atoms with van der Waals surface area (Å²) in [5.74, 6) is -1.22. The van der Waals surface area contributed by atoms with Gasteiger partial charge < -0.3 is 15.8 Å². The van der Waals surface area contributed by atoms with Crippen LogP contribution in [0, 0.1) is 17.1 Å². The van der Waals surface area contributed by atoms with E-state index in [0.29, 0.717) is 11.4 Å². The summed E-state index contributed by atoms with van der Waals surface area (Å²) in [6, 6.07) is 10.6. The Hall–Kier alpha value is -3.07. The van der Waals surface area contributed by atoms with E-state index in [4.69, 9.17) is 11.0 Å². The molecule has 0 unspecified atom stereocenters. The summed E-state index contributed by atoms with van der Waals surface area (Å²) in [6.45, 7) is 0. The molecular formula is C15H12FN3O2. The number of rotatable bonds is 3. The number of nitriles is 1. The molecule has 0 amide bonds. The van der Waals surface area contributed by atoms with Crippen LogP contribution in [0.1, 0.15) is 15.9 Å². The number of hydrogen-bond donors (Lipinski definition) is 2. The number of esters is 1. The number of nitrogen functional groups attached to an aromatic ring is 1. The summed E-state index contributed by atoms with van der Waals surface area (Å²) in [5, 5.41) is 11.9. The van der Waals surface area contributed by atoms with Crippen molar-refractivity contribution in [2.45, 2.75) is 0 Å². The highest BCUT2D eigenvalue weighted by Crippen LogP contribution is 2.27. The number of halogens is 1. The second-order valence-corrected chi connectivity index (χ2v) is 4.20. The van der Waals surface area contributed by atoms with E-state index in [-0.39, 0.29) is 16.8 Å². The van der Waals surface area contributed by atoms with Gasteiger partial charge >= 0.3 is 5.97 Å². The second kappa shape index (κ2) is 5.92. The van der Waals surface area contributed by atoms with E-state index >= 15 is 0 Å². The molecule has 3 N–H and O–H groups in total. The van der Waals surface area contributed by atoms with Gasteiger partial charge in [0.25, 0.3) is 0 Å². The van der Waals surface area contributed by atoms with Gasteiger partial charge in [-0.05, 0) is 30.3 Å². The topological polar surface area (TPSA) is 88.1 Å². The largest absolute Gasteiger partial charge is 0.465 e. The number of anilines is 3. The van der Waals surface area contributed by atoms with Crippen molar-refractivity contribution in [1.29, 1.82) is 5.26 Å². The maximum atomic E-state index is 13.6.